The van der Waals surface area contributed by atoms with Crippen LogP contribution in [0.4, 0.5) is 0 Å². The fourth-order valence-electron chi connectivity index (χ4n) is 3.89. The van der Waals surface area contributed by atoms with E-state index in [9.17, 15) is 14.4 Å². The molecule has 2 aliphatic rings. The lowest BCUT2D eigenvalue weighted by atomic mass is 9.87. The number of hydrogen-bond donors (Lipinski definition) is 1. The first-order chi connectivity index (χ1) is 15.7. The van der Waals surface area contributed by atoms with Crippen molar-refractivity contribution in [1.29, 1.82) is 0 Å². The van der Waals surface area contributed by atoms with E-state index in [1.54, 1.807) is 24.3 Å². The maximum Gasteiger partial charge on any atom is 0.261 e. The molecule has 1 fully saturated rings. The minimum atomic E-state index is -0.583. The minimum Gasteiger partial charge on any atom is -0.493 e. The van der Waals surface area contributed by atoms with Crippen LogP contribution in [-0.2, 0) is 10.2 Å². The lowest BCUT2D eigenvalue weighted by Crippen LogP contribution is -2.27. The summed E-state index contributed by atoms with van der Waals surface area (Å²) in [4.78, 5) is 41.4. The Labute approximate surface area is 196 Å². The fraction of sp³-hybridized carbons (Fsp3) is 0.417. The lowest BCUT2D eigenvalue weighted by molar-refractivity contribution is -0.124. The van der Waals surface area contributed by atoms with Crippen LogP contribution in [0.1, 0.15) is 59.5 Å². The summed E-state index contributed by atoms with van der Waals surface area (Å²) in [7, 11) is 1.46. The van der Waals surface area contributed by atoms with Gasteiger partial charge in [-0.25, -0.2) is 4.98 Å². The molecule has 2 aromatic rings. The summed E-state index contributed by atoms with van der Waals surface area (Å²) in [5.41, 5.74) is 1.18. The second-order valence-corrected chi connectivity index (χ2v) is 9.10. The number of pyridine rings is 1. The van der Waals surface area contributed by atoms with Crippen LogP contribution >= 0.6 is 11.6 Å². The van der Waals surface area contributed by atoms with Gasteiger partial charge in [-0.05, 0) is 24.3 Å². The number of nitrogens with one attached hydrogen (secondary N) is 1. The molecule has 0 saturated carbocycles. The highest BCUT2D eigenvalue weighted by Gasteiger charge is 2.35. The van der Waals surface area contributed by atoms with Crippen molar-refractivity contribution < 1.29 is 28.6 Å². The number of hydrogen-bond acceptors (Lipinski definition) is 7. The summed E-state index contributed by atoms with van der Waals surface area (Å²) in [5, 5.41) is 2.86. The van der Waals surface area contributed by atoms with E-state index >= 15 is 0 Å². The van der Waals surface area contributed by atoms with E-state index in [0.29, 0.717) is 42.4 Å². The van der Waals surface area contributed by atoms with Crippen molar-refractivity contribution in [2.75, 3.05) is 20.3 Å². The smallest absolute Gasteiger partial charge is 0.261 e. The number of benzene rings is 1. The molecule has 1 saturated heterocycles. The maximum atomic E-state index is 12.7. The monoisotopic (exact) mass is 472 g/mol. The molecule has 0 aliphatic carbocycles. The van der Waals surface area contributed by atoms with Gasteiger partial charge in [0.2, 0.25) is 0 Å². The zero-order valence-corrected chi connectivity index (χ0v) is 19.5. The number of nitrogens with zero attached hydrogens (tertiary/aromatic N) is 1. The number of ether oxygens (including phenoxy) is 3. The normalized spacial score (nSPS) is 18.3. The summed E-state index contributed by atoms with van der Waals surface area (Å²) in [6.45, 7) is 5.04. The molecule has 1 amide bonds. The molecule has 0 bridgehead atoms. The predicted octanol–water partition coefficient (Wildman–Crippen LogP) is 3.53. The number of rotatable bonds is 8. The first-order valence-electron chi connectivity index (χ1n) is 10.7. The molecule has 1 unspecified atom stereocenters. The topological polar surface area (TPSA) is 104 Å². The number of amides is 1. The lowest BCUT2D eigenvalue weighted by Gasteiger charge is -2.15. The maximum absolute atomic E-state index is 12.7. The molecule has 4 rings (SSSR count). The molecule has 9 heteroatoms. The van der Waals surface area contributed by atoms with Gasteiger partial charge in [0.05, 0.1) is 13.7 Å². The van der Waals surface area contributed by atoms with Gasteiger partial charge in [0.15, 0.2) is 40.1 Å². The highest BCUT2D eigenvalue weighted by molar-refractivity contribution is 6.31. The third kappa shape index (κ3) is 4.66. The molecule has 1 aromatic carbocycles. The molecular weight excluding hydrogens is 448 g/mol. The van der Waals surface area contributed by atoms with Gasteiger partial charge in [-0.2, -0.15) is 0 Å². The van der Waals surface area contributed by atoms with Crippen molar-refractivity contribution in [2.45, 2.75) is 44.6 Å². The van der Waals surface area contributed by atoms with Crippen LogP contribution in [0.25, 0.3) is 0 Å². The van der Waals surface area contributed by atoms with E-state index in [2.05, 4.69) is 10.3 Å². The summed E-state index contributed by atoms with van der Waals surface area (Å²) >= 11 is 6.22. The minimum absolute atomic E-state index is 0.00347. The standard InChI is InChI=1S/C24H25ClN2O6/c1-24(2)12-32-21-14(24)11-15(27-22(21)25)17(29)6-5-16(28)13-4-7-18(20(10-13)31-3)33-19-8-9-26-23(19)30/h4,7,10-11,19H,5-6,8-9,12H2,1-3H3,(H,26,30). The zero-order valence-electron chi connectivity index (χ0n) is 18.7. The summed E-state index contributed by atoms with van der Waals surface area (Å²) in [5.74, 6) is 0.581. The van der Waals surface area contributed by atoms with Crippen molar-refractivity contribution >= 4 is 29.1 Å². The Morgan fingerprint density at radius 3 is 2.67 bits per heavy atom. The average Bonchev–Trinajstić information content (AvgIpc) is 3.34. The van der Waals surface area contributed by atoms with Crippen LogP contribution in [0.3, 0.4) is 0 Å². The number of methoxy groups -OCH3 is 1. The number of ketones is 2. The van der Waals surface area contributed by atoms with Crippen molar-refractivity contribution in [2.24, 2.45) is 0 Å². The fourth-order valence-corrected chi connectivity index (χ4v) is 4.14. The first-order valence-corrected chi connectivity index (χ1v) is 11.1. The Balaban J connectivity index is 1.43. The molecule has 33 heavy (non-hydrogen) atoms. The van der Waals surface area contributed by atoms with Gasteiger partial charge in [0.25, 0.3) is 5.91 Å². The van der Waals surface area contributed by atoms with Crippen molar-refractivity contribution in [3.05, 3.63) is 46.2 Å². The number of Topliss-reactive ketones (excluding diaryl/α,β-unsaturated/α-hetero) is 2. The number of fused-ring (bicyclic) bond motifs is 1. The highest BCUT2D eigenvalue weighted by atomic mass is 35.5. The Hall–Kier alpha value is -3.13. The van der Waals surface area contributed by atoms with Crippen LogP contribution < -0.4 is 19.5 Å². The van der Waals surface area contributed by atoms with Crippen molar-refractivity contribution in [3.8, 4) is 17.2 Å². The van der Waals surface area contributed by atoms with E-state index in [4.69, 9.17) is 25.8 Å². The van der Waals surface area contributed by atoms with Crippen LogP contribution in [0, 0.1) is 0 Å². The largest absolute Gasteiger partial charge is 0.493 e. The quantitative estimate of drug-likeness (QED) is 0.463. The molecule has 3 heterocycles. The predicted molar refractivity (Wildman–Crippen MR) is 121 cm³/mol. The van der Waals surface area contributed by atoms with E-state index < -0.39 is 6.10 Å². The average molecular weight is 473 g/mol. The third-order valence-corrected chi connectivity index (χ3v) is 6.11. The van der Waals surface area contributed by atoms with Gasteiger partial charge in [-0.1, -0.05) is 25.4 Å². The molecule has 0 spiro atoms. The van der Waals surface area contributed by atoms with Gasteiger partial charge in [-0.3, -0.25) is 14.4 Å². The zero-order chi connectivity index (χ0) is 23.8. The molecule has 1 atom stereocenters. The second kappa shape index (κ2) is 9.02. The van der Waals surface area contributed by atoms with Crippen LogP contribution in [0.5, 0.6) is 17.2 Å². The Morgan fingerprint density at radius 1 is 1.21 bits per heavy atom. The Morgan fingerprint density at radius 2 is 1.97 bits per heavy atom. The molecule has 0 radical (unpaired) electrons. The van der Waals surface area contributed by atoms with E-state index in [1.165, 1.54) is 7.11 Å². The highest BCUT2D eigenvalue weighted by Crippen LogP contribution is 2.42. The van der Waals surface area contributed by atoms with E-state index in [0.717, 1.165) is 5.56 Å². The van der Waals surface area contributed by atoms with Gasteiger partial charge >= 0.3 is 0 Å². The number of carbonyl (C=O) groups is 3. The van der Waals surface area contributed by atoms with E-state index in [-0.39, 0.29) is 46.6 Å². The number of aromatic nitrogens is 1. The molecule has 174 valence electrons. The van der Waals surface area contributed by atoms with Gasteiger partial charge in [0, 0.05) is 42.3 Å². The molecule has 8 nitrogen and oxygen atoms in total. The van der Waals surface area contributed by atoms with Crippen LogP contribution in [0.15, 0.2) is 24.3 Å². The van der Waals surface area contributed by atoms with Gasteiger partial charge < -0.3 is 19.5 Å². The Bertz CT molecular complexity index is 1130. The van der Waals surface area contributed by atoms with Crippen LogP contribution in [0.2, 0.25) is 5.15 Å². The van der Waals surface area contributed by atoms with Crippen molar-refractivity contribution in [1.82, 2.24) is 10.3 Å². The van der Waals surface area contributed by atoms with Gasteiger partial charge in [0.1, 0.15) is 5.69 Å². The molecule has 2 aliphatic heterocycles. The summed E-state index contributed by atoms with van der Waals surface area (Å²) < 4.78 is 16.7. The molecular formula is C24H25ClN2O6. The van der Waals surface area contributed by atoms with Crippen LogP contribution in [-0.4, -0.2) is 48.8 Å². The molecule has 1 aromatic heterocycles. The van der Waals surface area contributed by atoms with E-state index in [1.807, 2.05) is 13.8 Å². The first kappa shape index (κ1) is 23.0. The summed E-state index contributed by atoms with van der Waals surface area (Å²) in [6.07, 6.45) is -0.0243. The SMILES string of the molecule is COc1cc(C(=O)CCC(=O)c2cc3c(c(Cl)n2)OCC3(C)C)ccc1OC1CCNC1=O. The van der Waals surface area contributed by atoms with Crippen molar-refractivity contribution in [3.63, 3.8) is 0 Å². The Kier molecular flexibility index (Phi) is 6.30. The van der Waals surface area contributed by atoms with Gasteiger partial charge in [-0.15, -0.1) is 0 Å². The number of halogens is 1. The second-order valence-electron chi connectivity index (χ2n) is 8.75. The number of carbonyl (C=O) groups excluding carboxylic acids is 3. The molecule has 1 N–H and O–H groups in total. The summed E-state index contributed by atoms with van der Waals surface area (Å²) in [6, 6.07) is 6.46. The third-order valence-electron chi connectivity index (χ3n) is 5.86.